The van der Waals surface area contributed by atoms with Crippen LogP contribution in [0.3, 0.4) is 0 Å². The zero-order valence-corrected chi connectivity index (χ0v) is 22.4. The fourth-order valence-corrected chi connectivity index (χ4v) is 10.3. The van der Waals surface area contributed by atoms with E-state index in [9.17, 15) is 0 Å². The Morgan fingerprint density at radius 2 is 0.788 bits per heavy atom. The average molecular weight is 473 g/mol. The Kier molecular flexibility index (Phi) is 15.4. The summed E-state index contributed by atoms with van der Waals surface area (Å²) in [6, 6.07) is 23.1. The number of benzene rings is 2. The Bertz CT molecular complexity index is 627. The van der Waals surface area contributed by atoms with Crippen molar-refractivity contribution < 1.29 is 9.47 Å². The molecule has 0 aliphatic carbocycles. The van der Waals surface area contributed by atoms with Gasteiger partial charge >= 0.3 is 205 Å². The van der Waals surface area contributed by atoms with Crippen molar-refractivity contribution in [3.63, 3.8) is 0 Å². The van der Waals surface area contributed by atoms with Crippen molar-refractivity contribution in [1.29, 1.82) is 0 Å². The van der Waals surface area contributed by atoms with Crippen LogP contribution in [-0.2, 0) is 9.47 Å². The summed E-state index contributed by atoms with van der Waals surface area (Å²) in [4.78, 5) is 0. The molecule has 0 heterocycles. The fraction of sp³-hybridized carbons (Fsp3) is 0.600. The van der Waals surface area contributed by atoms with Gasteiger partial charge in [0.1, 0.15) is 0 Å². The molecule has 0 unspecified atom stereocenters. The van der Waals surface area contributed by atoms with Crippen molar-refractivity contribution in [2.24, 2.45) is 0 Å². The molecule has 2 aromatic rings. The van der Waals surface area contributed by atoms with Crippen LogP contribution < -0.4 is 10.6 Å². The van der Waals surface area contributed by atoms with Crippen molar-refractivity contribution in [1.82, 2.24) is 0 Å². The molecule has 0 atom stereocenters. The van der Waals surface area contributed by atoms with E-state index in [0.717, 1.165) is 13.2 Å². The van der Waals surface area contributed by atoms with Gasteiger partial charge in [0.2, 0.25) is 0 Å². The van der Waals surface area contributed by atoms with Gasteiger partial charge in [-0.2, -0.15) is 0 Å². The topological polar surface area (TPSA) is 18.5 Å². The molecule has 2 nitrogen and oxygen atoms in total. The van der Waals surface area contributed by atoms with Gasteiger partial charge in [-0.25, -0.2) is 0 Å². The summed E-state index contributed by atoms with van der Waals surface area (Å²) in [7, 11) is 1.86. The number of hydrogen-bond acceptors (Lipinski definition) is 2. The molecule has 0 aromatic heterocycles. The number of unbranched alkanes of at least 4 members (excludes halogenated alkanes) is 10. The second-order valence-corrected chi connectivity index (χ2v) is 13.9. The first-order valence-electron chi connectivity index (χ1n) is 13.4. The van der Waals surface area contributed by atoms with E-state index in [4.69, 9.17) is 9.47 Å². The number of ether oxygens (including phenoxy) is 2. The summed E-state index contributed by atoms with van der Waals surface area (Å²) in [5.41, 5.74) is 0. The van der Waals surface area contributed by atoms with Crippen molar-refractivity contribution in [2.75, 3.05) is 39.8 Å². The summed E-state index contributed by atoms with van der Waals surface area (Å²) in [6.07, 6.45) is 18.6. The fourth-order valence-electron chi connectivity index (χ4n) is 5.14. The number of rotatable bonds is 20. The van der Waals surface area contributed by atoms with Crippen molar-refractivity contribution in [3.8, 4) is 0 Å². The van der Waals surface area contributed by atoms with Crippen LogP contribution in [0.2, 0.25) is 0 Å². The minimum absolute atomic E-state index is 0.907. The molecule has 0 aliphatic heterocycles. The predicted molar refractivity (Wildman–Crippen MR) is 149 cm³/mol. The molecule has 33 heavy (non-hydrogen) atoms. The molecular weight excluding hydrogens is 423 g/mol. The van der Waals surface area contributed by atoms with Crippen LogP contribution in [0.15, 0.2) is 60.7 Å². The first-order chi connectivity index (χ1) is 16.3. The zero-order chi connectivity index (χ0) is 23.5. The van der Waals surface area contributed by atoms with E-state index >= 15 is 0 Å². The Labute approximate surface area is 204 Å². The van der Waals surface area contributed by atoms with Gasteiger partial charge in [0, 0.05) is 0 Å². The summed E-state index contributed by atoms with van der Waals surface area (Å²) >= 11 is 0. The molecule has 0 spiro atoms. The van der Waals surface area contributed by atoms with Crippen molar-refractivity contribution >= 4 is 17.9 Å². The van der Waals surface area contributed by atoms with E-state index in [-0.39, 0.29) is 0 Å². The van der Waals surface area contributed by atoms with Crippen molar-refractivity contribution in [3.05, 3.63) is 60.7 Å². The van der Waals surface area contributed by atoms with Gasteiger partial charge in [-0.05, 0) is 0 Å². The maximum atomic E-state index is 5.19. The normalized spacial score (nSPS) is 12.2. The van der Waals surface area contributed by atoms with Gasteiger partial charge in [0.05, 0.1) is 0 Å². The first kappa shape index (κ1) is 28.0. The summed E-state index contributed by atoms with van der Waals surface area (Å²) in [5, 5.41) is 3.27. The van der Waals surface area contributed by atoms with Crippen LogP contribution in [-0.4, -0.2) is 39.8 Å². The van der Waals surface area contributed by atoms with E-state index in [1.807, 2.05) is 0 Å². The predicted octanol–water partition coefficient (Wildman–Crippen LogP) is 7.36. The number of methoxy groups -OCH3 is 2. The Hall–Kier alpha value is -1.21. The van der Waals surface area contributed by atoms with Crippen LogP contribution in [0.1, 0.15) is 77.0 Å². The zero-order valence-electron chi connectivity index (χ0n) is 21.4. The van der Waals surface area contributed by atoms with Crippen LogP contribution in [0.5, 0.6) is 0 Å². The van der Waals surface area contributed by atoms with Gasteiger partial charge in [0.25, 0.3) is 0 Å². The van der Waals surface area contributed by atoms with Crippen LogP contribution >= 0.6 is 7.26 Å². The first-order valence-corrected chi connectivity index (χ1v) is 15.8. The van der Waals surface area contributed by atoms with Gasteiger partial charge in [-0.3, -0.25) is 0 Å². The van der Waals surface area contributed by atoms with E-state index < -0.39 is 7.26 Å². The van der Waals surface area contributed by atoms with E-state index in [0.29, 0.717) is 0 Å². The molecule has 3 heteroatoms. The molecule has 0 bridgehead atoms. The second-order valence-electron chi connectivity index (χ2n) is 9.54. The molecule has 0 radical (unpaired) electrons. The Morgan fingerprint density at radius 3 is 1.15 bits per heavy atom. The molecule has 0 aliphatic rings. The Balaban J connectivity index is 1.99. The molecule has 2 aromatic carbocycles. The van der Waals surface area contributed by atoms with Crippen molar-refractivity contribution in [2.45, 2.75) is 77.0 Å². The Morgan fingerprint density at radius 1 is 0.455 bits per heavy atom. The summed E-state index contributed by atoms with van der Waals surface area (Å²) in [6.45, 7) is 1.81. The van der Waals surface area contributed by atoms with E-state index in [1.54, 1.807) is 24.8 Å². The van der Waals surface area contributed by atoms with Gasteiger partial charge in [-0.1, -0.05) is 0 Å². The van der Waals surface area contributed by atoms with Crippen LogP contribution in [0.25, 0.3) is 0 Å². The third-order valence-electron chi connectivity index (χ3n) is 7.06. The second kappa shape index (κ2) is 18.2. The van der Waals surface area contributed by atoms with Crippen LogP contribution in [0.4, 0.5) is 0 Å². The molecule has 0 saturated heterocycles. The number of hydrogen-bond donors (Lipinski definition) is 0. The van der Waals surface area contributed by atoms with Gasteiger partial charge in [-0.15, -0.1) is 0 Å². The molecule has 0 fully saturated rings. The van der Waals surface area contributed by atoms with E-state index in [1.165, 1.54) is 89.4 Å². The van der Waals surface area contributed by atoms with Gasteiger partial charge < -0.3 is 0 Å². The SMILES string of the molecule is COCCCCCCCC[PH](CCCCCCCCOC)(c1ccccc1)c1ccccc1. The van der Waals surface area contributed by atoms with Gasteiger partial charge in [0.15, 0.2) is 0 Å². The quantitative estimate of drug-likeness (QED) is 0.148. The summed E-state index contributed by atoms with van der Waals surface area (Å²) in [5.74, 6) is 0. The molecular formula is C30H49O2P. The minimum atomic E-state index is -1.75. The van der Waals surface area contributed by atoms with E-state index in [2.05, 4.69) is 60.7 Å². The monoisotopic (exact) mass is 472 g/mol. The molecule has 0 saturated carbocycles. The standard InChI is InChI=1S/C30H49O2P/c1-31-25-17-7-3-5-9-19-27-33(29-21-13-11-14-22-29,30-23-15-12-16-24-30)28-20-10-6-4-8-18-26-32-2/h11-16,21-24,33H,3-10,17-20,25-28H2,1-2H3. The third-order valence-corrected chi connectivity index (χ3v) is 12.3. The third kappa shape index (κ3) is 10.7. The summed E-state index contributed by atoms with van der Waals surface area (Å²) < 4.78 is 10.4. The average Bonchev–Trinajstić information content (AvgIpc) is 2.87. The molecule has 186 valence electrons. The van der Waals surface area contributed by atoms with Crippen LogP contribution in [0, 0.1) is 0 Å². The maximum absolute atomic E-state index is 5.19. The molecule has 0 amide bonds. The molecule has 0 N–H and O–H groups in total. The molecule has 2 rings (SSSR count).